The molecule has 1 fully saturated rings. The van der Waals surface area contributed by atoms with Gasteiger partial charge in [-0.15, -0.1) is 0 Å². The van der Waals surface area contributed by atoms with Gasteiger partial charge in [0.2, 0.25) is 15.9 Å². The van der Waals surface area contributed by atoms with E-state index in [1.165, 1.54) is 24.3 Å². The highest BCUT2D eigenvalue weighted by Gasteiger charge is 2.28. The minimum absolute atomic E-state index is 0.130. The normalized spacial score (nSPS) is 16.2. The average Bonchev–Trinajstić information content (AvgIpc) is 2.68. The maximum absolute atomic E-state index is 13.0. The van der Waals surface area contributed by atoms with Crippen molar-refractivity contribution in [3.63, 3.8) is 0 Å². The molecule has 1 aliphatic heterocycles. The summed E-state index contributed by atoms with van der Waals surface area (Å²) >= 11 is 0. The van der Waals surface area contributed by atoms with Crippen molar-refractivity contribution in [3.05, 3.63) is 60.4 Å². The standard InChI is InChI=1S/C19H22FN3O3S/c1-15(21-27(25,26)18-5-3-2-4-6-18)19(24)23-13-11-22(12-14-23)17-9-7-16(20)8-10-17/h2-10,15,21H,11-14H2,1H3/t15-/m1/s1. The van der Waals surface area contributed by atoms with Crippen molar-refractivity contribution in [2.45, 2.75) is 17.9 Å². The number of carbonyl (C=O) groups is 1. The fourth-order valence-corrected chi connectivity index (χ4v) is 4.28. The van der Waals surface area contributed by atoms with E-state index >= 15 is 0 Å². The molecule has 1 amide bonds. The van der Waals surface area contributed by atoms with Crippen molar-refractivity contribution in [2.75, 3.05) is 31.1 Å². The zero-order valence-corrected chi connectivity index (χ0v) is 15.8. The Balaban J connectivity index is 1.58. The first-order valence-corrected chi connectivity index (χ1v) is 10.2. The largest absolute Gasteiger partial charge is 0.368 e. The van der Waals surface area contributed by atoms with Crippen molar-refractivity contribution in [2.24, 2.45) is 0 Å². The molecule has 144 valence electrons. The molecule has 6 nitrogen and oxygen atoms in total. The third-order valence-electron chi connectivity index (χ3n) is 4.54. The van der Waals surface area contributed by atoms with Gasteiger partial charge in [-0.1, -0.05) is 18.2 Å². The molecule has 0 radical (unpaired) electrons. The molecule has 0 saturated carbocycles. The number of nitrogens with zero attached hydrogens (tertiary/aromatic N) is 2. The predicted octanol–water partition coefficient (Wildman–Crippen LogP) is 1.84. The monoisotopic (exact) mass is 391 g/mol. The molecule has 0 bridgehead atoms. The van der Waals surface area contributed by atoms with Crippen LogP contribution < -0.4 is 9.62 Å². The van der Waals surface area contributed by atoms with Gasteiger partial charge in [0.1, 0.15) is 5.82 Å². The molecule has 0 spiro atoms. The van der Waals surface area contributed by atoms with E-state index in [4.69, 9.17) is 0 Å². The molecular weight excluding hydrogens is 369 g/mol. The second kappa shape index (κ2) is 8.06. The minimum Gasteiger partial charge on any atom is -0.368 e. The fourth-order valence-electron chi connectivity index (χ4n) is 3.06. The molecule has 1 saturated heterocycles. The second-order valence-corrected chi connectivity index (χ2v) is 8.16. The van der Waals surface area contributed by atoms with E-state index in [9.17, 15) is 17.6 Å². The predicted molar refractivity (Wildman–Crippen MR) is 101 cm³/mol. The second-order valence-electron chi connectivity index (χ2n) is 6.44. The molecule has 0 aromatic heterocycles. The summed E-state index contributed by atoms with van der Waals surface area (Å²) in [5.74, 6) is -0.541. The van der Waals surface area contributed by atoms with Gasteiger partial charge in [-0.3, -0.25) is 4.79 Å². The maximum Gasteiger partial charge on any atom is 0.241 e. The molecule has 1 N–H and O–H groups in total. The van der Waals surface area contributed by atoms with E-state index in [-0.39, 0.29) is 16.6 Å². The zero-order valence-electron chi connectivity index (χ0n) is 15.0. The van der Waals surface area contributed by atoms with Crippen LogP contribution in [-0.2, 0) is 14.8 Å². The molecule has 1 heterocycles. The number of sulfonamides is 1. The van der Waals surface area contributed by atoms with Crippen LogP contribution in [0.1, 0.15) is 6.92 Å². The van der Waals surface area contributed by atoms with Gasteiger partial charge in [-0.25, -0.2) is 12.8 Å². The van der Waals surface area contributed by atoms with Crippen LogP contribution in [0.2, 0.25) is 0 Å². The Hall–Kier alpha value is -2.45. The van der Waals surface area contributed by atoms with Gasteiger partial charge < -0.3 is 9.80 Å². The number of benzene rings is 2. The average molecular weight is 391 g/mol. The van der Waals surface area contributed by atoms with Crippen molar-refractivity contribution in [1.82, 2.24) is 9.62 Å². The Kier molecular flexibility index (Phi) is 5.76. The van der Waals surface area contributed by atoms with Crippen molar-refractivity contribution < 1.29 is 17.6 Å². The minimum atomic E-state index is -3.74. The van der Waals surface area contributed by atoms with E-state index in [1.54, 1.807) is 42.2 Å². The van der Waals surface area contributed by atoms with Gasteiger partial charge in [0.05, 0.1) is 10.9 Å². The summed E-state index contributed by atoms with van der Waals surface area (Å²) in [7, 11) is -3.74. The molecule has 0 aliphatic carbocycles. The summed E-state index contributed by atoms with van der Waals surface area (Å²) in [5.41, 5.74) is 0.904. The number of amides is 1. The van der Waals surface area contributed by atoms with E-state index < -0.39 is 16.1 Å². The SMILES string of the molecule is C[C@@H](NS(=O)(=O)c1ccccc1)C(=O)N1CCN(c2ccc(F)cc2)CC1. The summed E-state index contributed by atoms with van der Waals surface area (Å²) in [6, 6.07) is 13.4. The first kappa shape index (κ1) is 19.3. The van der Waals surface area contributed by atoms with Crippen LogP contribution in [0.25, 0.3) is 0 Å². The number of nitrogens with one attached hydrogen (secondary N) is 1. The van der Waals surface area contributed by atoms with E-state index in [0.29, 0.717) is 26.2 Å². The third kappa shape index (κ3) is 4.64. The van der Waals surface area contributed by atoms with Crippen molar-refractivity contribution in [1.29, 1.82) is 0 Å². The highest BCUT2D eigenvalue weighted by atomic mass is 32.2. The third-order valence-corrected chi connectivity index (χ3v) is 6.10. The first-order chi connectivity index (χ1) is 12.9. The van der Waals surface area contributed by atoms with Crippen LogP contribution in [0.15, 0.2) is 59.5 Å². The number of carbonyl (C=O) groups excluding carboxylic acids is 1. The Morgan fingerprint density at radius 3 is 2.19 bits per heavy atom. The summed E-state index contributed by atoms with van der Waals surface area (Å²) in [4.78, 5) is 16.5. The number of piperazine rings is 1. The highest BCUT2D eigenvalue weighted by molar-refractivity contribution is 7.89. The highest BCUT2D eigenvalue weighted by Crippen LogP contribution is 2.17. The van der Waals surface area contributed by atoms with Gasteiger partial charge in [-0.05, 0) is 43.3 Å². The number of anilines is 1. The Bertz CT molecular complexity index is 880. The van der Waals surface area contributed by atoms with Crippen LogP contribution in [0.4, 0.5) is 10.1 Å². The summed E-state index contributed by atoms with van der Waals surface area (Å²) in [6.07, 6.45) is 0. The lowest BCUT2D eigenvalue weighted by Gasteiger charge is -2.37. The van der Waals surface area contributed by atoms with Gasteiger partial charge >= 0.3 is 0 Å². The van der Waals surface area contributed by atoms with Gasteiger partial charge in [-0.2, -0.15) is 4.72 Å². The van der Waals surface area contributed by atoms with Crippen molar-refractivity contribution >= 4 is 21.6 Å². The molecular formula is C19H22FN3O3S. The van der Waals surface area contributed by atoms with Crippen molar-refractivity contribution in [3.8, 4) is 0 Å². The van der Waals surface area contributed by atoms with Gasteiger partial charge in [0, 0.05) is 31.9 Å². The summed E-state index contributed by atoms with van der Waals surface area (Å²) in [6.45, 7) is 3.72. The fraction of sp³-hybridized carbons (Fsp3) is 0.316. The molecule has 0 unspecified atom stereocenters. The Morgan fingerprint density at radius 1 is 1.00 bits per heavy atom. The molecule has 1 atom stereocenters. The first-order valence-electron chi connectivity index (χ1n) is 8.73. The lowest BCUT2D eigenvalue weighted by Crippen LogP contribution is -2.54. The lowest BCUT2D eigenvalue weighted by atomic mass is 10.2. The van der Waals surface area contributed by atoms with Crippen LogP contribution in [-0.4, -0.2) is 51.4 Å². The van der Waals surface area contributed by atoms with E-state index in [0.717, 1.165) is 5.69 Å². The number of halogens is 1. The van der Waals surface area contributed by atoms with E-state index in [1.807, 2.05) is 0 Å². The Labute approximate surface area is 158 Å². The van der Waals surface area contributed by atoms with Crippen LogP contribution in [0.5, 0.6) is 0 Å². The van der Waals surface area contributed by atoms with E-state index in [2.05, 4.69) is 9.62 Å². The lowest BCUT2D eigenvalue weighted by molar-refractivity contribution is -0.132. The number of rotatable bonds is 5. The Morgan fingerprint density at radius 2 is 1.59 bits per heavy atom. The zero-order chi connectivity index (χ0) is 19.4. The van der Waals surface area contributed by atoms with Gasteiger partial charge in [0.25, 0.3) is 0 Å². The quantitative estimate of drug-likeness (QED) is 0.845. The smallest absolute Gasteiger partial charge is 0.241 e. The maximum atomic E-state index is 13.0. The molecule has 27 heavy (non-hydrogen) atoms. The van der Waals surface area contributed by atoms with Crippen LogP contribution in [0, 0.1) is 5.82 Å². The summed E-state index contributed by atoms with van der Waals surface area (Å²) < 4.78 is 40.2. The summed E-state index contributed by atoms with van der Waals surface area (Å²) in [5, 5.41) is 0. The number of hydrogen-bond donors (Lipinski definition) is 1. The molecule has 2 aromatic carbocycles. The molecule has 1 aliphatic rings. The number of hydrogen-bond acceptors (Lipinski definition) is 4. The van der Waals surface area contributed by atoms with Crippen LogP contribution >= 0.6 is 0 Å². The molecule has 8 heteroatoms. The van der Waals surface area contributed by atoms with Gasteiger partial charge in [0.15, 0.2) is 0 Å². The molecule has 3 rings (SSSR count). The topological polar surface area (TPSA) is 69.7 Å². The molecule has 2 aromatic rings. The van der Waals surface area contributed by atoms with Crippen LogP contribution in [0.3, 0.4) is 0 Å².